The van der Waals surface area contributed by atoms with Crippen molar-refractivity contribution in [2.45, 2.75) is 45.6 Å². The Bertz CT molecular complexity index is 227. The Morgan fingerprint density at radius 3 is 2.33 bits per heavy atom. The van der Waals surface area contributed by atoms with E-state index < -0.39 is 0 Å². The summed E-state index contributed by atoms with van der Waals surface area (Å²) in [6, 6.07) is 0. The molecule has 2 atom stereocenters. The third-order valence-corrected chi connectivity index (χ3v) is 4.68. The van der Waals surface area contributed by atoms with Crippen LogP contribution >= 0.6 is 0 Å². The molecule has 106 valence electrons. The van der Waals surface area contributed by atoms with E-state index in [-0.39, 0.29) is 0 Å². The Morgan fingerprint density at radius 1 is 1.00 bits per heavy atom. The predicted octanol–water partition coefficient (Wildman–Crippen LogP) is 2.22. The molecule has 1 aliphatic heterocycles. The first kappa shape index (κ1) is 14.3. The van der Waals surface area contributed by atoms with Gasteiger partial charge in [-0.25, -0.2) is 0 Å². The minimum Gasteiger partial charge on any atom is -0.377 e. The quantitative estimate of drug-likeness (QED) is 0.748. The summed E-state index contributed by atoms with van der Waals surface area (Å²) in [6.07, 6.45) is 5.95. The number of hydrogen-bond acceptors (Lipinski definition) is 3. The smallest absolute Gasteiger partial charge is 0.0601 e. The molecule has 0 bridgehead atoms. The SMILES string of the molecule is CCN1CCN(CCO[C@H]2CCCC[C@H]2C)CC1. The van der Waals surface area contributed by atoms with Gasteiger partial charge in [0.15, 0.2) is 0 Å². The standard InChI is InChI=1S/C15H30N2O/c1-3-16-8-10-17(11-9-16)12-13-18-15-7-5-4-6-14(15)2/h14-15H,3-13H2,1-2H3/t14-,15+/m1/s1. The molecule has 0 radical (unpaired) electrons. The molecular weight excluding hydrogens is 224 g/mol. The second-order valence-electron chi connectivity index (χ2n) is 5.95. The molecule has 2 fully saturated rings. The molecule has 3 nitrogen and oxygen atoms in total. The van der Waals surface area contributed by atoms with E-state index in [1.54, 1.807) is 0 Å². The average molecular weight is 254 g/mol. The van der Waals surface area contributed by atoms with Crippen molar-refractivity contribution in [1.82, 2.24) is 9.80 Å². The maximum absolute atomic E-state index is 6.10. The fourth-order valence-corrected chi connectivity index (χ4v) is 3.19. The van der Waals surface area contributed by atoms with E-state index in [1.807, 2.05) is 0 Å². The maximum Gasteiger partial charge on any atom is 0.0601 e. The lowest BCUT2D eigenvalue weighted by molar-refractivity contribution is -0.0177. The van der Waals surface area contributed by atoms with Crippen LogP contribution in [0, 0.1) is 5.92 Å². The van der Waals surface area contributed by atoms with E-state index in [0.29, 0.717) is 6.10 Å². The van der Waals surface area contributed by atoms with Crippen molar-refractivity contribution in [3.05, 3.63) is 0 Å². The van der Waals surface area contributed by atoms with Crippen LogP contribution in [0.2, 0.25) is 0 Å². The number of likely N-dealkylation sites (N-methyl/N-ethyl adjacent to an activating group) is 1. The molecule has 1 saturated heterocycles. The monoisotopic (exact) mass is 254 g/mol. The zero-order chi connectivity index (χ0) is 12.8. The summed E-state index contributed by atoms with van der Waals surface area (Å²) in [6.45, 7) is 12.8. The van der Waals surface area contributed by atoms with Crippen LogP contribution in [-0.2, 0) is 4.74 Å². The second-order valence-corrected chi connectivity index (χ2v) is 5.95. The van der Waals surface area contributed by atoms with Crippen LogP contribution in [0.4, 0.5) is 0 Å². The second kappa shape index (κ2) is 7.46. The van der Waals surface area contributed by atoms with Crippen molar-refractivity contribution in [2.75, 3.05) is 45.9 Å². The first-order valence-electron chi connectivity index (χ1n) is 7.86. The van der Waals surface area contributed by atoms with Gasteiger partial charge < -0.3 is 9.64 Å². The Balaban J connectivity index is 1.58. The van der Waals surface area contributed by atoms with Crippen molar-refractivity contribution >= 4 is 0 Å². The largest absolute Gasteiger partial charge is 0.377 e. The van der Waals surface area contributed by atoms with Gasteiger partial charge in [0.25, 0.3) is 0 Å². The molecule has 1 aliphatic carbocycles. The number of hydrogen-bond donors (Lipinski definition) is 0. The van der Waals surface area contributed by atoms with Gasteiger partial charge in [0.2, 0.25) is 0 Å². The molecule has 0 spiro atoms. The Kier molecular flexibility index (Phi) is 5.93. The molecule has 1 heterocycles. The van der Waals surface area contributed by atoms with Gasteiger partial charge in [-0.2, -0.15) is 0 Å². The van der Waals surface area contributed by atoms with E-state index in [1.165, 1.54) is 58.4 Å². The van der Waals surface area contributed by atoms with Gasteiger partial charge in [-0.1, -0.05) is 26.7 Å². The molecule has 0 aromatic heterocycles. The van der Waals surface area contributed by atoms with E-state index >= 15 is 0 Å². The fourth-order valence-electron chi connectivity index (χ4n) is 3.19. The highest BCUT2D eigenvalue weighted by Crippen LogP contribution is 2.26. The van der Waals surface area contributed by atoms with Crippen LogP contribution in [-0.4, -0.2) is 61.8 Å². The Labute approximate surface area is 112 Å². The minimum atomic E-state index is 0.538. The summed E-state index contributed by atoms with van der Waals surface area (Å²) in [5.41, 5.74) is 0. The lowest BCUT2D eigenvalue weighted by Gasteiger charge is -2.35. The van der Waals surface area contributed by atoms with E-state index in [4.69, 9.17) is 4.74 Å². The average Bonchev–Trinajstić information content (AvgIpc) is 2.42. The molecule has 2 rings (SSSR count). The lowest BCUT2D eigenvalue weighted by atomic mass is 9.88. The predicted molar refractivity (Wildman–Crippen MR) is 75.9 cm³/mol. The number of nitrogens with zero attached hydrogens (tertiary/aromatic N) is 2. The Hall–Kier alpha value is -0.120. The van der Waals surface area contributed by atoms with Gasteiger partial charge in [0.1, 0.15) is 0 Å². The number of rotatable bonds is 5. The molecule has 0 N–H and O–H groups in total. The fraction of sp³-hybridized carbons (Fsp3) is 1.00. The molecular formula is C15H30N2O. The zero-order valence-corrected chi connectivity index (χ0v) is 12.2. The van der Waals surface area contributed by atoms with E-state index in [0.717, 1.165) is 19.1 Å². The maximum atomic E-state index is 6.10. The van der Waals surface area contributed by atoms with Crippen molar-refractivity contribution < 1.29 is 4.74 Å². The van der Waals surface area contributed by atoms with Crippen LogP contribution in [0.15, 0.2) is 0 Å². The molecule has 1 saturated carbocycles. The highest BCUT2D eigenvalue weighted by atomic mass is 16.5. The minimum absolute atomic E-state index is 0.538. The van der Waals surface area contributed by atoms with Crippen LogP contribution in [0.1, 0.15) is 39.5 Å². The van der Waals surface area contributed by atoms with Crippen molar-refractivity contribution in [3.8, 4) is 0 Å². The van der Waals surface area contributed by atoms with Gasteiger partial charge in [0.05, 0.1) is 12.7 Å². The van der Waals surface area contributed by atoms with Gasteiger partial charge in [0, 0.05) is 32.7 Å². The summed E-state index contributed by atoms with van der Waals surface area (Å²) < 4.78 is 6.10. The highest BCUT2D eigenvalue weighted by Gasteiger charge is 2.22. The van der Waals surface area contributed by atoms with Gasteiger partial charge >= 0.3 is 0 Å². The summed E-state index contributed by atoms with van der Waals surface area (Å²) >= 11 is 0. The Morgan fingerprint density at radius 2 is 1.67 bits per heavy atom. The van der Waals surface area contributed by atoms with E-state index in [9.17, 15) is 0 Å². The first-order valence-corrected chi connectivity index (χ1v) is 7.86. The third kappa shape index (κ3) is 4.22. The molecule has 0 amide bonds. The van der Waals surface area contributed by atoms with Gasteiger partial charge in [-0.3, -0.25) is 4.90 Å². The molecule has 2 aliphatic rings. The number of piperazine rings is 1. The van der Waals surface area contributed by atoms with Crippen LogP contribution in [0.3, 0.4) is 0 Å². The van der Waals surface area contributed by atoms with Crippen LogP contribution in [0.5, 0.6) is 0 Å². The van der Waals surface area contributed by atoms with Gasteiger partial charge in [-0.05, 0) is 25.3 Å². The topological polar surface area (TPSA) is 15.7 Å². The summed E-state index contributed by atoms with van der Waals surface area (Å²) in [5, 5.41) is 0. The summed E-state index contributed by atoms with van der Waals surface area (Å²) in [5.74, 6) is 0.774. The van der Waals surface area contributed by atoms with Crippen molar-refractivity contribution in [2.24, 2.45) is 5.92 Å². The van der Waals surface area contributed by atoms with Gasteiger partial charge in [-0.15, -0.1) is 0 Å². The summed E-state index contributed by atoms with van der Waals surface area (Å²) in [4.78, 5) is 5.08. The molecule has 0 aromatic carbocycles. The highest BCUT2D eigenvalue weighted by molar-refractivity contribution is 4.74. The molecule has 0 aromatic rings. The van der Waals surface area contributed by atoms with Crippen LogP contribution in [0.25, 0.3) is 0 Å². The third-order valence-electron chi connectivity index (χ3n) is 4.68. The molecule has 18 heavy (non-hydrogen) atoms. The zero-order valence-electron chi connectivity index (χ0n) is 12.2. The lowest BCUT2D eigenvalue weighted by Crippen LogP contribution is -2.47. The summed E-state index contributed by atoms with van der Waals surface area (Å²) in [7, 11) is 0. The normalized spacial score (nSPS) is 31.7. The van der Waals surface area contributed by atoms with Crippen molar-refractivity contribution in [3.63, 3.8) is 0 Å². The number of ether oxygens (including phenoxy) is 1. The molecule has 3 heteroatoms. The first-order chi connectivity index (χ1) is 8.79. The van der Waals surface area contributed by atoms with E-state index in [2.05, 4.69) is 23.6 Å². The van der Waals surface area contributed by atoms with Crippen LogP contribution < -0.4 is 0 Å². The molecule has 0 unspecified atom stereocenters. The van der Waals surface area contributed by atoms with Crippen molar-refractivity contribution in [1.29, 1.82) is 0 Å².